The van der Waals surface area contributed by atoms with Crippen LogP contribution in [-0.4, -0.2) is 29.1 Å². The van der Waals surface area contributed by atoms with Crippen molar-refractivity contribution in [2.24, 2.45) is 11.8 Å². The molecular formula is C16H26N2O2. The molecule has 1 saturated heterocycles. The average molecular weight is 278 g/mol. The first kappa shape index (κ1) is 15.1. The van der Waals surface area contributed by atoms with Crippen molar-refractivity contribution in [2.75, 3.05) is 13.1 Å². The van der Waals surface area contributed by atoms with E-state index in [-0.39, 0.29) is 11.8 Å². The third-order valence-electron chi connectivity index (χ3n) is 4.32. The fraction of sp³-hybridized carbons (Fsp3) is 0.750. The fourth-order valence-corrected chi connectivity index (χ4v) is 2.82. The van der Waals surface area contributed by atoms with Crippen LogP contribution in [0, 0.1) is 11.8 Å². The molecule has 112 valence electrons. The van der Waals surface area contributed by atoms with E-state index in [2.05, 4.69) is 19.0 Å². The quantitative estimate of drug-likeness (QED) is 0.847. The largest absolute Gasteiger partial charge is 0.360 e. The third-order valence-corrected chi connectivity index (χ3v) is 4.32. The summed E-state index contributed by atoms with van der Waals surface area (Å²) in [5.74, 6) is 2.49. The molecule has 1 fully saturated rings. The molecule has 0 bridgehead atoms. The maximum atomic E-state index is 12.5. The number of nitrogens with zero attached hydrogens (tertiary/aromatic N) is 2. The first-order valence-electron chi connectivity index (χ1n) is 7.75. The Bertz CT molecular complexity index is 451. The van der Waals surface area contributed by atoms with E-state index in [4.69, 9.17) is 4.52 Å². The van der Waals surface area contributed by atoms with E-state index >= 15 is 0 Å². The SMILES string of the molecule is CC(C)c1cc(C(=O)N2CCC[C@H](C(C)C)CC2)no1. The number of amides is 1. The molecule has 1 aliphatic rings. The van der Waals surface area contributed by atoms with Crippen molar-refractivity contribution in [3.8, 4) is 0 Å². The molecular weight excluding hydrogens is 252 g/mol. The summed E-state index contributed by atoms with van der Waals surface area (Å²) in [7, 11) is 0. The van der Waals surface area contributed by atoms with Crippen molar-refractivity contribution in [1.29, 1.82) is 0 Å². The van der Waals surface area contributed by atoms with Crippen LogP contribution in [0.5, 0.6) is 0 Å². The smallest absolute Gasteiger partial charge is 0.276 e. The topological polar surface area (TPSA) is 46.3 Å². The van der Waals surface area contributed by atoms with Crippen molar-refractivity contribution < 1.29 is 9.32 Å². The van der Waals surface area contributed by atoms with Crippen molar-refractivity contribution >= 4 is 5.91 Å². The van der Waals surface area contributed by atoms with Gasteiger partial charge in [0, 0.05) is 25.1 Å². The molecule has 4 heteroatoms. The number of rotatable bonds is 3. The van der Waals surface area contributed by atoms with Crippen LogP contribution in [0.4, 0.5) is 0 Å². The normalized spacial score (nSPS) is 20.5. The predicted octanol–water partition coefficient (Wildman–Crippen LogP) is 3.70. The van der Waals surface area contributed by atoms with Gasteiger partial charge in [-0.25, -0.2) is 0 Å². The number of hydrogen-bond donors (Lipinski definition) is 0. The predicted molar refractivity (Wildman–Crippen MR) is 78.7 cm³/mol. The Labute approximate surface area is 121 Å². The van der Waals surface area contributed by atoms with Gasteiger partial charge < -0.3 is 9.42 Å². The van der Waals surface area contributed by atoms with Gasteiger partial charge in [-0.05, 0) is 31.1 Å². The van der Waals surface area contributed by atoms with Gasteiger partial charge in [-0.2, -0.15) is 0 Å². The van der Waals surface area contributed by atoms with E-state index in [0.29, 0.717) is 11.6 Å². The zero-order chi connectivity index (χ0) is 14.7. The molecule has 1 aliphatic heterocycles. The Morgan fingerprint density at radius 3 is 2.65 bits per heavy atom. The number of carbonyl (C=O) groups excluding carboxylic acids is 1. The first-order valence-corrected chi connectivity index (χ1v) is 7.75. The van der Waals surface area contributed by atoms with Crippen LogP contribution in [0.15, 0.2) is 10.6 Å². The fourth-order valence-electron chi connectivity index (χ4n) is 2.82. The van der Waals surface area contributed by atoms with Gasteiger partial charge in [0.25, 0.3) is 5.91 Å². The maximum absolute atomic E-state index is 12.5. The molecule has 2 heterocycles. The van der Waals surface area contributed by atoms with Gasteiger partial charge in [0.2, 0.25) is 0 Å². The molecule has 1 aromatic heterocycles. The molecule has 0 unspecified atom stereocenters. The lowest BCUT2D eigenvalue weighted by molar-refractivity contribution is 0.0748. The summed E-state index contributed by atoms with van der Waals surface area (Å²) in [5, 5.41) is 3.93. The number of aromatic nitrogens is 1. The zero-order valence-electron chi connectivity index (χ0n) is 13.1. The Morgan fingerprint density at radius 2 is 2.05 bits per heavy atom. The highest BCUT2D eigenvalue weighted by Crippen LogP contribution is 2.25. The minimum Gasteiger partial charge on any atom is -0.360 e. The molecule has 0 aromatic carbocycles. The summed E-state index contributed by atoms with van der Waals surface area (Å²) in [6.45, 7) is 10.3. The summed E-state index contributed by atoms with van der Waals surface area (Å²) in [6.07, 6.45) is 3.40. The Hall–Kier alpha value is -1.32. The number of carbonyl (C=O) groups is 1. The van der Waals surface area contributed by atoms with Gasteiger partial charge in [-0.1, -0.05) is 32.9 Å². The summed E-state index contributed by atoms with van der Waals surface area (Å²) in [6, 6.07) is 1.79. The zero-order valence-corrected chi connectivity index (χ0v) is 13.1. The standard InChI is InChI=1S/C16H26N2O2/c1-11(2)13-6-5-8-18(9-7-13)16(19)14-10-15(12(3)4)20-17-14/h10-13H,5-9H2,1-4H3/t13-/m0/s1. The van der Waals surface area contributed by atoms with Crippen molar-refractivity contribution in [2.45, 2.75) is 52.9 Å². The van der Waals surface area contributed by atoms with E-state index in [1.54, 1.807) is 6.07 Å². The lowest BCUT2D eigenvalue weighted by Gasteiger charge is -2.20. The molecule has 2 rings (SSSR count). The molecule has 0 N–H and O–H groups in total. The second kappa shape index (κ2) is 6.42. The molecule has 1 aromatic rings. The van der Waals surface area contributed by atoms with E-state index in [9.17, 15) is 4.79 Å². The van der Waals surface area contributed by atoms with Gasteiger partial charge in [0.05, 0.1) is 0 Å². The van der Waals surface area contributed by atoms with E-state index in [0.717, 1.165) is 37.6 Å². The van der Waals surface area contributed by atoms with Gasteiger partial charge >= 0.3 is 0 Å². The van der Waals surface area contributed by atoms with Gasteiger partial charge in [-0.15, -0.1) is 0 Å². The molecule has 0 aliphatic carbocycles. The van der Waals surface area contributed by atoms with Gasteiger partial charge in [0.15, 0.2) is 5.69 Å². The average Bonchev–Trinajstić information content (AvgIpc) is 2.76. The molecule has 20 heavy (non-hydrogen) atoms. The summed E-state index contributed by atoms with van der Waals surface area (Å²) in [5.41, 5.74) is 0.455. The highest BCUT2D eigenvalue weighted by molar-refractivity contribution is 5.92. The van der Waals surface area contributed by atoms with Crippen LogP contribution < -0.4 is 0 Å². The minimum atomic E-state index is 0.0186. The molecule has 4 nitrogen and oxygen atoms in total. The Morgan fingerprint density at radius 1 is 1.30 bits per heavy atom. The highest BCUT2D eigenvalue weighted by atomic mass is 16.5. The summed E-state index contributed by atoms with van der Waals surface area (Å²) in [4.78, 5) is 14.4. The van der Waals surface area contributed by atoms with Gasteiger partial charge in [0.1, 0.15) is 5.76 Å². The Kier molecular flexibility index (Phi) is 4.84. The molecule has 0 radical (unpaired) electrons. The van der Waals surface area contributed by atoms with Crippen LogP contribution in [0.25, 0.3) is 0 Å². The van der Waals surface area contributed by atoms with Gasteiger partial charge in [-0.3, -0.25) is 4.79 Å². The second-order valence-corrected chi connectivity index (χ2v) is 6.50. The summed E-state index contributed by atoms with van der Waals surface area (Å²) >= 11 is 0. The van der Waals surface area contributed by atoms with Crippen LogP contribution in [0.3, 0.4) is 0 Å². The van der Waals surface area contributed by atoms with Crippen LogP contribution in [0.1, 0.15) is 69.1 Å². The summed E-state index contributed by atoms with van der Waals surface area (Å²) < 4.78 is 5.23. The monoisotopic (exact) mass is 278 g/mol. The van der Waals surface area contributed by atoms with E-state index in [1.807, 2.05) is 18.7 Å². The second-order valence-electron chi connectivity index (χ2n) is 6.50. The molecule has 0 spiro atoms. The third kappa shape index (κ3) is 3.41. The van der Waals surface area contributed by atoms with Crippen LogP contribution in [0.2, 0.25) is 0 Å². The first-order chi connectivity index (χ1) is 9.49. The van der Waals surface area contributed by atoms with Crippen LogP contribution >= 0.6 is 0 Å². The lowest BCUT2D eigenvalue weighted by Crippen LogP contribution is -2.32. The number of likely N-dealkylation sites (tertiary alicyclic amines) is 1. The molecule has 1 atom stereocenters. The van der Waals surface area contributed by atoms with Crippen molar-refractivity contribution in [3.05, 3.63) is 17.5 Å². The highest BCUT2D eigenvalue weighted by Gasteiger charge is 2.25. The van der Waals surface area contributed by atoms with E-state index < -0.39 is 0 Å². The Balaban J connectivity index is 2.01. The maximum Gasteiger partial charge on any atom is 0.276 e. The molecule has 1 amide bonds. The van der Waals surface area contributed by atoms with Crippen molar-refractivity contribution in [1.82, 2.24) is 10.1 Å². The minimum absolute atomic E-state index is 0.0186. The van der Waals surface area contributed by atoms with Crippen LogP contribution in [-0.2, 0) is 0 Å². The van der Waals surface area contributed by atoms with E-state index in [1.165, 1.54) is 6.42 Å². The molecule has 0 saturated carbocycles. The lowest BCUT2D eigenvalue weighted by atomic mass is 9.89. The number of hydrogen-bond acceptors (Lipinski definition) is 3. The van der Waals surface area contributed by atoms with Crippen molar-refractivity contribution in [3.63, 3.8) is 0 Å².